The van der Waals surface area contributed by atoms with Crippen LogP contribution in [0.3, 0.4) is 0 Å². The predicted molar refractivity (Wildman–Crippen MR) is 78.0 cm³/mol. The molecule has 0 unspecified atom stereocenters. The summed E-state index contributed by atoms with van der Waals surface area (Å²) in [4.78, 5) is 11.8. The Morgan fingerprint density at radius 3 is 2.65 bits per heavy atom. The first-order chi connectivity index (χ1) is 9.67. The average Bonchev–Trinajstić information content (AvgIpc) is 2.76. The summed E-state index contributed by atoms with van der Waals surface area (Å²) in [5, 5.41) is 4.26. The number of methoxy groups -OCH3 is 1. The number of carbonyl (C=O) groups is 1. The zero-order chi connectivity index (χ0) is 14.5. The summed E-state index contributed by atoms with van der Waals surface area (Å²) < 4.78 is 12.4. The molecule has 2 aromatic rings. The molecule has 0 bridgehead atoms. The Bertz CT molecular complexity index is 596. The van der Waals surface area contributed by atoms with Gasteiger partial charge in [0.2, 0.25) is 5.88 Å². The maximum absolute atomic E-state index is 11.8. The van der Waals surface area contributed by atoms with E-state index < -0.39 is 5.97 Å². The van der Waals surface area contributed by atoms with Crippen molar-refractivity contribution in [3.05, 3.63) is 46.1 Å². The molecule has 1 heterocycles. The lowest BCUT2D eigenvalue weighted by Crippen LogP contribution is -2.08. The Morgan fingerprint density at radius 2 is 2.05 bits per heavy atom. The summed E-state index contributed by atoms with van der Waals surface area (Å²) in [6.07, 6.45) is 0. The van der Waals surface area contributed by atoms with Gasteiger partial charge in [-0.3, -0.25) is 0 Å². The van der Waals surface area contributed by atoms with E-state index in [2.05, 4.69) is 21.0 Å². The minimum atomic E-state index is -0.468. The van der Waals surface area contributed by atoms with Crippen molar-refractivity contribution in [2.45, 2.75) is 13.5 Å². The minimum absolute atomic E-state index is 0.222. The van der Waals surface area contributed by atoms with Gasteiger partial charge in [0.1, 0.15) is 4.47 Å². The maximum atomic E-state index is 11.8. The van der Waals surface area contributed by atoms with E-state index in [9.17, 15) is 4.79 Å². The Labute approximate surface area is 125 Å². The van der Waals surface area contributed by atoms with Crippen LogP contribution in [0.2, 0.25) is 0 Å². The van der Waals surface area contributed by atoms with E-state index in [1.54, 1.807) is 11.6 Å². The van der Waals surface area contributed by atoms with Crippen LogP contribution in [-0.4, -0.2) is 29.5 Å². The number of esters is 1. The minimum Gasteiger partial charge on any atom is -0.480 e. The van der Waals surface area contributed by atoms with E-state index >= 15 is 0 Å². The van der Waals surface area contributed by atoms with Crippen molar-refractivity contribution in [2.24, 2.45) is 0 Å². The van der Waals surface area contributed by atoms with Gasteiger partial charge in [0, 0.05) is 0 Å². The molecule has 0 aliphatic heterocycles. The van der Waals surface area contributed by atoms with Crippen LogP contribution in [0.4, 0.5) is 0 Å². The highest BCUT2D eigenvalue weighted by Crippen LogP contribution is 2.29. The van der Waals surface area contributed by atoms with E-state index in [-0.39, 0.29) is 5.69 Å². The van der Waals surface area contributed by atoms with Crippen molar-refractivity contribution in [3.8, 4) is 5.88 Å². The highest BCUT2D eigenvalue weighted by Gasteiger charge is 2.23. The largest absolute Gasteiger partial charge is 0.480 e. The van der Waals surface area contributed by atoms with Crippen LogP contribution in [0, 0.1) is 0 Å². The van der Waals surface area contributed by atoms with E-state index in [1.165, 1.54) is 7.11 Å². The van der Waals surface area contributed by atoms with Gasteiger partial charge in [-0.1, -0.05) is 30.3 Å². The van der Waals surface area contributed by atoms with Gasteiger partial charge >= 0.3 is 5.97 Å². The van der Waals surface area contributed by atoms with Crippen molar-refractivity contribution >= 4 is 21.9 Å². The van der Waals surface area contributed by atoms with Crippen LogP contribution in [0.5, 0.6) is 5.88 Å². The fourth-order valence-electron chi connectivity index (χ4n) is 1.81. The molecule has 0 aliphatic rings. The normalized spacial score (nSPS) is 10.3. The summed E-state index contributed by atoms with van der Waals surface area (Å²) in [6, 6.07) is 9.82. The standard InChI is InChI=1S/C14H15BrN2O3/c1-3-20-14(18)12-11(15)13(19-2)17(16-12)9-10-7-5-4-6-8-10/h4-8H,3,9H2,1-2H3. The third kappa shape index (κ3) is 3.01. The van der Waals surface area contributed by atoms with Crippen LogP contribution in [0.1, 0.15) is 23.0 Å². The average molecular weight is 339 g/mol. The quantitative estimate of drug-likeness (QED) is 0.786. The first-order valence-electron chi connectivity index (χ1n) is 6.18. The fraction of sp³-hybridized carbons (Fsp3) is 0.286. The van der Waals surface area contributed by atoms with Crippen molar-refractivity contribution in [1.82, 2.24) is 9.78 Å². The number of hydrogen-bond acceptors (Lipinski definition) is 4. The Hall–Kier alpha value is -1.82. The van der Waals surface area contributed by atoms with E-state index in [0.717, 1.165) is 5.56 Å². The molecule has 1 aromatic heterocycles. The molecule has 20 heavy (non-hydrogen) atoms. The van der Waals surface area contributed by atoms with Gasteiger partial charge in [0.05, 0.1) is 20.3 Å². The van der Waals surface area contributed by atoms with Gasteiger partial charge in [-0.2, -0.15) is 5.10 Å². The molecule has 2 rings (SSSR count). The zero-order valence-corrected chi connectivity index (χ0v) is 12.9. The number of carbonyl (C=O) groups excluding carboxylic acids is 1. The van der Waals surface area contributed by atoms with Gasteiger partial charge in [0.15, 0.2) is 5.69 Å². The second-order valence-corrected chi connectivity index (χ2v) is 4.83. The molecule has 5 nitrogen and oxygen atoms in total. The summed E-state index contributed by atoms with van der Waals surface area (Å²) in [5.74, 6) is 0.0291. The van der Waals surface area contributed by atoms with Crippen molar-refractivity contribution < 1.29 is 14.3 Å². The van der Waals surface area contributed by atoms with E-state index in [0.29, 0.717) is 23.5 Å². The zero-order valence-electron chi connectivity index (χ0n) is 11.3. The Kier molecular flexibility index (Phi) is 4.79. The molecule has 0 fully saturated rings. The van der Waals surface area contributed by atoms with Crippen LogP contribution in [-0.2, 0) is 11.3 Å². The number of hydrogen-bond donors (Lipinski definition) is 0. The summed E-state index contributed by atoms with van der Waals surface area (Å²) in [7, 11) is 1.54. The molecule has 1 aromatic carbocycles. The monoisotopic (exact) mass is 338 g/mol. The van der Waals surface area contributed by atoms with Crippen LogP contribution in [0.25, 0.3) is 0 Å². The Morgan fingerprint density at radius 1 is 1.35 bits per heavy atom. The predicted octanol–water partition coefficient (Wildman–Crippen LogP) is 2.88. The third-order valence-corrected chi connectivity index (χ3v) is 3.40. The summed E-state index contributed by atoms with van der Waals surface area (Å²) in [6.45, 7) is 2.57. The van der Waals surface area contributed by atoms with Crippen molar-refractivity contribution in [3.63, 3.8) is 0 Å². The molecule has 0 saturated heterocycles. The number of ether oxygens (including phenoxy) is 2. The summed E-state index contributed by atoms with van der Waals surface area (Å²) >= 11 is 3.34. The van der Waals surface area contributed by atoms with Gasteiger partial charge in [0.25, 0.3) is 0 Å². The molecule has 6 heteroatoms. The van der Waals surface area contributed by atoms with Crippen LogP contribution >= 0.6 is 15.9 Å². The molecule has 0 radical (unpaired) electrons. The molecule has 0 atom stereocenters. The number of aromatic nitrogens is 2. The van der Waals surface area contributed by atoms with E-state index in [4.69, 9.17) is 9.47 Å². The SMILES string of the molecule is CCOC(=O)c1nn(Cc2ccccc2)c(OC)c1Br. The molecule has 0 saturated carbocycles. The highest BCUT2D eigenvalue weighted by atomic mass is 79.9. The lowest BCUT2D eigenvalue weighted by atomic mass is 10.2. The lowest BCUT2D eigenvalue weighted by molar-refractivity contribution is 0.0517. The topological polar surface area (TPSA) is 53.3 Å². The third-order valence-electron chi connectivity index (χ3n) is 2.69. The first kappa shape index (κ1) is 14.6. The van der Waals surface area contributed by atoms with Crippen LogP contribution in [0.15, 0.2) is 34.8 Å². The van der Waals surface area contributed by atoms with E-state index in [1.807, 2.05) is 30.3 Å². The fourth-order valence-corrected chi connectivity index (χ4v) is 2.42. The molecule has 0 N–H and O–H groups in total. The van der Waals surface area contributed by atoms with Crippen LogP contribution < -0.4 is 4.74 Å². The van der Waals surface area contributed by atoms with Gasteiger partial charge < -0.3 is 9.47 Å². The van der Waals surface area contributed by atoms with Gasteiger partial charge in [-0.15, -0.1) is 0 Å². The lowest BCUT2D eigenvalue weighted by Gasteiger charge is -2.06. The molecular formula is C14H15BrN2O3. The first-order valence-corrected chi connectivity index (χ1v) is 6.98. The Balaban J connectivity index is 2.33. The number of rotatable bonds is 5. The summed E-state index contributed by atoms with van der Waals surface area (Å²) in [5.41, 5.74) is 1.29. The van der Waals surface area contributed by atoms with Crippen molar-refractivity contribution in [2.75, 3.05) is 13.7 Å². The molecule has 0 amide bonds. The van der Waals surface area contributed by atoms with Gasteiger partial charge in [-0.05, 0) is 28.4 Å². The molecular weight excluding hydrogens is 324 g/mol. The number of halogens is 1. The number of benzene rings is 1. The maximum Gasteiger partial charge on any atom is 0.360 e. The second kappa shape index (κ2) is 6.56. The highest BCUT2D eigenvalue weighted by molar-refractivity contribution is 9.10. The van der Waals surface area contributed by atoms with Gasteiger partial charge in [-0.25, -0.2) is 9.48 Å². The molecule has 0 spiro atoms. The molecule has 0 aliphatic carbocycles. The number of nitrogens with zero attached hydrogens (tertiary/aromatic N) is 2. The smallest absolute Gasteiger partial charge is 0.360 e. The van der Waals surface area contributed by atoms with Crippen molar-refractivity contribution in [1.29, 1.82) is 0 Å². The molecule has 106 valence electrons. The second-order valence-electron chi connectivity index (χ2n) is 4.04.